The van der Waals surface area contributed by atoms with Gasteiger partial charge < -0.3 is 4.57 Å². The van der Waals surface area contributed by atoms with Crippen LogP contribution in [0.4, 0.5) is 0 Å². The van der Waals surface area contributed by atoms with E-state index in [1.54, 1.807) is 5.56 Å². The standard InChI is InChI=1S/C36H37N/c1-26-13-15-28(16-14-26)35(2)22-7-8-27-21-23-36(24-27,25-35)29-17-19-30(20-18-29)37-33-11-5-3-9-31(33)32-10-4-6-12-34(32)37/h3-6,9-20,27H,7-8,21-25H2,1-2H3. The second-order valence-electron chi connectivity index (χ2n) is 12.3. The van der Waals surface area contributed by atoms with E-state index in [0.29, 0.717) is 0 Å². The van der Waals surface area contributed by atoms with Gasteiger partial charge in [0.1, 0.15) is 0 Å². The molecule has 186 valence electrons. The minimum atomic E-state index is 0.231. The summed E-state index contributed by atoms with van der Waals surface area (Å²) in [5.74, 6) is 0.889. The molecule has 1 heteroatoms. The number of rotatable bonds is 3. The first-order valence-electron chi connectivity index (χ1n) is 14.2. The van der Waals surface area contributed by atoms with Crippen LogP contribution in [0.3, 0.4) is 0 Å². The summed E-state index contributed by atoms with van der Waals surface area (Å²) >= 11 is 0. The molecule has 1 nitrogen and oxygen atoms in total. The number of hydrogen-bond donors (Lipinski definition) is 0. The third-order valence-corrected chi connectivity index (χ3v) is 9.85. The van der Waals surface area contributed by atoms with Crippen LogP contribution in [-0.2, 0) is 10.8 Å². The summed E-state index contributed by atoms with van der Waals surface area (Å²) in [6.07, 6.45) is 9.37. The third-order valence-electron chi connectivity index (χ3n) is 9.85. The van der Waals surface area contributed by atoms with E-state index in [1.165, 1.54) is 83.6 Å². The lowest BCUT2D eigenvalue weighted by Gasteiger charge is -2.42. The Hall–Kier alpha value is -3.32. The summed E-state index contributed by atoms with van der Waals surface area (Å²) in [4.78, 5) is 0. The van der Waals surface area contributed by atoms with E-state index in [0.717, 1.165) is 5.92 Å². The van der Waals surface area contributed by atoms with Crippen molar-refractivity contribution < 1.29 is 0 Å². The number of nitrogens with zero attached hydrogens (tertiary/aromatic N) is 1. The van der Waals surface area contributed by atoms with Gasteiger partial charge in [-0.1, -0.05) is 98.1 Å². The molecule has 1 aromatic heterocycles. The zero-order chi connectivity index (χ0) is 25.0. The molecule has 0 radical (unpaired) electrons. The Morgan fingerprint density at radius 1 is 0.676 bits per heavy atom. The topological polar surface area (TPSA) is 4.93 Å². The van der Waals surface area contributed by atoms with E-state index in [4.69, 9.17) is 0 Å². The first-order valence-corrected chi connectivity index (χ1v) is 14.2. The van der Waals surface area contributed by atoms with E-state index in [1.807, 2.05) is 0 Å². The predicted octanol–water partition coefficient (Wildman–Crippen LogP) is 9.66. The molecule has 0 aliphatic heterocycles. The molecule has 4 aromatic carbocycles. The molecule has 0 spiro atoms. The summed E-state index contributed by atoms with van der Waals surface area (Å²) < 4.78 is 2.44. The van der Waals surface area contributed by atoms with Gasteiger partial charge in [0, 0.05) is 16.5 Å². The van der Waals surface area contributed by atoms with Crippen LogP contribution in [0.25, 0.3) is 27.5 Å². The van der Waals surface area contributed by atoms with Crippen molar-refractivity contribution in [2.75, 3.05) is 0 Å². The number of hydrogen-bond acceptors (Lipinski definition) is 0. The average molecular weight is 484 g/mol. The molecule has 5 aromatic rings. The van der Waals surface area contributed by atoms with Crippen molar-refractivity contribution in [1.29, 1.82) is 0 Å². The lowest BCUT2D eigenvalue weighted by Crippen LogP contribution is -2.36. The average Bonchev–Trinajstić information content (AvgIpc) is 3.49. The molecule has 1 heterocycles. The largest absolute Gasteiger partial charge is 0.309 e. The van der Waals surface area contributed by atoms with Gasteiger partial charge >= 0.3 is 0 Å². The highest BCUT2D eigenvalue weighted by Gasteiger charge is 2.47. The number of benzene rings is 4. The van der Waals surface area contributed by atoms with Gasteiger partial charge in [0.25, 0.3) is 0 Å². The number of aromatic nitrogens is 1. The third kappa shape index (κ3) is 3.74. The number of aryl methyl sites for hydroxylation is 1. The smallest absolute Gasteiger partial charge is 0.0541 e. The Labute approximate surface area is 221 Å². The Kier molecular flexibility index (Phi) is 5.32. The molecule has 2 aliphatic carbocycles. The highest BCUT2D eigenvalue weighted by atomic mass is 15.0. The quantitative estimate of drug-likeness (QED) is 0.241. The van der Waals surface area contributed by atoms with Gasteiger partial charge in [0.2, 0.25) is 0 Å². The normalized spacial score (nSPS) is 25.8. The molecule has 2 aliphatic rings. The van der Waals surface area contributed by atoms with Gasteiger partial charge in [-0.3, -0.25) is 0 Å². The molecule has 2 fully saturated rings. The second-order valence-corrected chi connectivity index (χ2v) is 12.3. The van der Waals surface area contributed by atoms with Gasteiger partial charge in [-0.25, -0.2) is 0 Å². The Balaban J connectivity index is 1.30. The lowest BCUT2D eigenvalue weighted by atomic mass is 9.62. The summed E-state index contributed by atoms with van der Waals surface area (Å²) in [7, 11) is 0. The Bertz CT molecular complexity index is 1520. The number of fused-ring (bicyclic) bond motifs is 5. The Morgan fingerprint density at radius 2 is 1.30 bits per heavy atom. The summed E-state index contributed by atoms with van der Waals surface area (Å²) in [5.41, 5.74) is 8.79. The van der Waals surface area contributed by atoms with Gasteiger partial charge in [-0.15, -0.1) is 0 Å². The molecular weight excluding hydrogens is 446 g/mol. The van der Waals surface area contributed by atoms with Crippen LogP contribution in [0.5, 0.6) is 0 Å². The van der Waals surface area contributed by atoms with Gasteiger partial charge in [0.15, 0.2) is 0 Å². The summed E-state index contributed by atoms with van der Waals surface area (Å²) in [5, 5.41) is 2.65. The van der Waals surface area contributed by atoms with E-state index >= 15 is 0 Å². The zero-order valence-electron chi connectivity index (χ0n) is 22.2. The lowest BCUT2D eigenvalue weighted by molar-refractivity contribution is 0.239. The molecule has 2 bridgehead atoms. The molecule has 0 saturated heterocycles. The van der Waals surface area contributed by atoms with Crippen LogP contribution < -0.4 is 0 Å². The fourth-order valence-electron chi connectivity index (χ4n) is 7.99. The van der Waals surface area contributed by atoms with Crippen LogP contribution in [0.15, 0.2) is 97.1 Å². The second kappa shape index (κ2) is 8.62. The van der Waals surface area contributed by atoms with Crippen molar-refractivity contribution in [3.8, 4) is 5.69 Å². The fourth-order valence-corrected chi connectivity index (χ4v) is 7.99. The van der Waals surface area contributed by atoms with Gasteiger partial charge in [-0.2, -0.15) is 0 Å². The maximum absolute atomic E-state index is 2.55. The van der Waals surface area contributed by atoms with E-state index in [-0.39, 0.29) is 10.8 Å². The first-order chi connectivity index (χ1) is 18.0. The van der Waals surface area contributed by atoms with Crippen molar-refractivity contribution in [3.63, 3.8) is 0 Å². The van der Waals surface area contributed by atoms with E-state index < -0.39 is 0 Å². The van der Waals surface area contributed by atoms with Gasteiger partial charge in [-0.05, 0) is 91.2 Å². The van der Waals surface area contributed by atoms with Crippen molar-refractivity contribution in [1.82, 2.24) is 4.57 Å². The maximum atomic E-state index is 2.55. The molecule has 2 saturated carbocycles. The summed E-state index contributed by atoms with van der Waals surface area (Å²) in [6.45, 7) is 4.75. The SMILES string of the molecule is Cc1ccc(C2(C)CCCC3CCC(c4ccc(-n5c6ccccc6c6ccccc65)cc4)(C3)C2)cc1. The van der Waals surface area contributed by atoms with Gasteiger partial charge in [0.05, 0.1) is 11.0 Å². The monoisotopic (exact) mass is 483 g/mol. The van der Waals surface area contributed by atoms with Crippen LogP contribution in [0.2, 0.25) is 0 Å². The molecule has 0 N–H and O–H groups in total. The Morgan fingerprint density at radius 3 is 1.97 bits per heavy atom. The highest BCUT2D eigenvalue weighted by Crippen LogP contribution is 2.55. The van der Waals surface area contributed by atoms with E-state index in [2.05, 4.69) is 115 Å². The predicted molar refractivity (Wildman–Crippen MR) is 157 cm³/mol. The molecule has 37 heavy (non-hydrogen) atoms. The zero-order valence-corrected chi connectivity index (χ0v) is 22.2. The van der Waals surface area contributed by atoms with Crippen LogP contribution in [0, 0.1) is 12.8 Å². The molecule has 7 rings (SSSR count). The molecular formula is C36H37N. The minimum absolute atomic E-state index is 0.231. The maximum Gasteiger partial charge on any atom is 0.0541 e. The van der Waals surface area contributed by atoms with Crippen molar-refractivity contribution in [2.24, 2.45) is 5.92 Å². The van der Waals surface area contributed by atoms with Crippen molar-refractivity contribution in [2.45, 2.75) is 69.6 Å². The van der Waals surface area contributed by atoms with Crippen molar-refractivity contribution in [3.05, 3.63) is 114 Å². The van der Waals surface area contributed by atoms with E-state index in [9.17, 15) is 0 Å². The first kappa shape index (κ1) is 22.8. The van der Waals surface area contributed by atoms with Crippen molar-refractivity contribution >= 4 is 21.8 Å². The molecule has 0 amide bonds. The highest BCUT2D eigenvalue weighted by molar-refractivity contribution is 6.09. The van der Waals surface area contributed by atoms with Crippen LogP contribution in [0.1, 0.15) is 68.6 Å². The number of para-hydroxylation sites is 2. The van der Waals surface area contributed by atoms with Crippen LogP contribution >= 0.6 is 0 Å². The fraction of sp³-hybridized carbons (Fsp3) is 0.333. The summed E-state index contributed by atoms with van der Waals surface area (Å²) in [6, 6.07) is 36.8. The molecule has 3 unspecified atom stereocenters. The minimum Gasteiger partial charge on any atom is -0.309 e. The molecule has 3 atom stereocenters. The van der Waals surface area contributed by atoms with Crippen LogP contribution in [-0.4, -0.2) is 4.57 Å².